The fraction of sp³-hybridized carbons (Fsp3) is 0.804. The van der Waals surface area contributed by atoms with Crippen LogP contribution in [0.25, 0.3) is 0 Å². The highest BCUT2D eigenvalue weighted by molar-refractivity contribution is 7.47. The summed E-state index contributed by atoms with van der Waals surface area (Å²) < 4.78 is 23.5. The van der Waals surface area contributed by atoms with Crippen LogP contribution in [-0.2, 0) is 18.4 Å². The molecule has 0 saturated heterocycles. The molecule has 3 atom stereocenters. The van der Waals surface area contributed by atoms with Gasteiger partial charge in [-0.25, -0.2) is 4.57 Å². The molecule has 0 aliphatic rings. The summed E-state index contributed by atoms with van der Waals surface area (Å²) in [5.41, 5.74) is 0. The lowest BCUT2D eigenvalue weighted by atomic mass is 10.0. The molecule has 3 N–H and O–H groups in total. The maximum absolute atomic E-state index is 12.8. The standard InChI is InChI=1S/C46H87N2O6P/c1-6-8-10-12-14-16-18-20-21-22-23-24-25-26-28-29-31-33-35-37-39-45(49)44(43-54-55(51,52)53-42-41-48(3,4)5)47-46(50)40-38-36-34-32-30-27-19-17-15-13-11-9-7-2/h27,29-31,34,36-37,39,44-45,49H,6-26,28,32-33,35,38,40-43H2,1-5H3,(H-,47,50,51,52)/p+1/b30-27-,31-29+,36-34-,39-37+. The zero-order valence-electron chi connectivity index (χ0n) is 36.4. The zero-order chi connectivity index (χ0) is 40.7. The van der Waals surface area contributed by atoms with Gasteiger partial charge in [0.05, 0.1) is 39.9 Å². The van der Waals surface area contributed by atoms with Gasteiger partial charge >= 0.3 is 7.82 Å². The minimum absolute atomic E-state index is 0.0459. The van der Waals surface area contributed by atoms with Crippen molar-refractivity contribution >= 4 is 13.7 Å². The molecule has 0 fully saturated rings. The average Bonchev–Trinajstić information content (AvgIpc) is 3.13. The van der Waals surface area contributed by atoms with Crippen molar-refractivity contribution in [3.05, 3.63) is 48.6 Å². The Labute approximate surface area is 339 Å². The average molecular weight is 796 g/mol. The maximum Gasteiger partial charge on any atom is 0.472 e. The molecule has 0 aromatic carbocycles. The Morgan fingerprint density at radius 3 is 1.56 bits per heavy atom. The molecule has 0 heterocycles. The van der Waals surface area contributed by atoms with E-state index in [2.05, 4.69) is 49.5 Å². The van der Waals surface area contributed by atoms with E-state index in [4.69, 9.17) is 9.05 Å². The minimum Gasteiger partial charge on any atom is -0.387 e. The summed E-state index contributed by atoms with van der Waals surface area (Å²) in [5.74, 6) is -0.255. The lowest BCUT2D eigenvalue weighted by Gasteiger charge is -2.25. The van der Waals surface area contributed by atoms with Gasteiger partial charge in [-0.3, -0.25) is 13.8 Å². The van der Waals surface area contributed by atoms with Crippen LogP contribution in [0.4, 0.5) is 0 Å². The molecule has 0 spiro atoms. The van der Waals surface area contributed by atoms with Crippen LogP contribution < -0.4 is 5.32 Å². The Balaban J connectivity index is 4.51. The van der Waals surface area contributed by atoms with Crippen LogP contribution >= 0.6 is 7.82 Å². The van der Waals surface area contributed by atoms with E-state index in [0.717, 1.165) is 32.1 Å². The van der Waals surface area contributed by atoms with Crippen LogP contribution in [0.5, 0.6) is 0 Å². The van der Waals surface area contributed by atoms with Crippen LogP contribution in [0.3, 0.4) is 0 Å². The van der Waals surface area contributed by atoms with Gasteiger partial charge in [0.25, 0.3) is 0 Å². The van der Waals surface area contributed by atoms with Crippen molar-refractivity contribution in [1.82, 2.24) is 5.32 Å². The van der Waals surface area contributed by atoms with Crippen LogP contribution in [0.1, 0.15) is 187 Å². The minimum atomic E-state index is -4.36. The number of quaternary nitrogens is 1. The number of amides is 1. The SMILES string of the molecule is CCCCCCCC/C=C\C/C=C\CCC(=O)NC(COP(=O)(O)OCC[N+](C)(C)C)C(O)/C=C/CC/C=C/CCCCCCCCCCCCCCCC. The highest BCUT2D eigenvalue weighted by Gasteiger charge is 2.27. The summed E-state index contributed by atoms with van der Waals surface area (Å²) in [6.07, 6.45) is 47.8. The van der Waals surface area contributed by atoms with Gasteiger partial charge in [-0.1, -0.05) is 178 Å². The number of carbonyl (C=O) groups is 1. The van der Waals surface area contributed by atoms with Crippen molar-refractivity contribution in [3.8, 4) is 0 Å². The molecule has 1 amide bonds. The number of aliphatic hydroxyl groups excluding tert-OH is 1. The number of likely N-dealkylation sites (N-methyl/N-ethyl adjacent to an activating group) is 1. The third kappa shape index (κ3) is 40.5. The van der Waals surface area contributed by atoms with E-state index >= 15 is 0 Å². The quantitative estimate of drug-likeness (QED) is 0.0247. The Morgan fingerprint density at radius 1 is 0.618 bits per heavy atom. The molecule has 0 aliphatic carbocycles. The second kappa shape index (κ2) is 38.0. The number of rotatable bonds is 40. The predicted octanol–water partition coefficient (Wildman–Crippen LogP) is 12.5. The molecular formula is C46H88N2O6P+. The topological polar surface area (TPSA) is 105 Å². The summed E-state index contributed by atoms with van der Waals surface area (Å²) >= 11 is 0. The van der Waals surface area contributed by atoms with Gasteiger partial charge < -0.3 is 19.8 Å². The summed E-state index contributed by atoms with van der Waals surface area (Å²) in [6.45, 7) is 4.73. The monoisotopic (exact) mass is 796 g/mol. The number of hydrogen-bond acceptors (Lipinski definition) is 5. The van der Waals surface area contributed by atoms with Crippen molar-refractivity contribution in [2.75, 3.05) is 40.9 Å². The third-order valence-corrected chi connectivity index (χ3v) is 10.8. The van der Waals surface area contributed by atoms with Gasteiger partial charge in [0, 0.05) is 6.42 Å². The lowest BCUT2D eigenvalue weighted by Crippen LogP contribution is -2.45. The van der Waals surface area contributed by atoms with Gasteiger partial charge in [0.15, 0.2) is 0 Å². The van der Waals surface area contributed by atoms with Crippen LogP contribution in [0.2, 0.25) is 0 Å². The summed E-state index contributed by atoms with van der Waals surface area (Å²) in [5, 5.41) is 13.7. The van der Waals surface area contributed by atoms with Crippen LogP contribution in [0.15, 0.2) is 48.6 Å². The highest BCUT2D eigenvalue weighted by Crippen LogP contribution is 2.43. The zero-order valence-corrected chi connectivity index (χ0v) is 37.3. The first-order valence-electron chi connectivity index (χ1n) is 22.5. The van der Waals surface area contributed by atoms with E-state index < -0.39 is 20.0 Å². The van der Waals surface area contributed by atoms with Gasteiger partial charge in [-0.15, -0.1) is 0 Å². The van der Waals surface area contributed by atoms with Gasteiger partial charge in [-0.2, -0.15) is 0 Å². The van der Waals surface area contributed by atoms with Crippen molar-refractivity contribution in [1.29, 1.82) is 0 Å². The van der Waals surface area contributed by atoms with E-state index in [9.17, 15) is 19.4 Å². The van der Waals surface area contributed by atoms with Crippen LogP contribution in [0, 0.1) is 0 Å². The normalized spacial score (nSPS) is 14.8. The predicted molar refractivity (Wildman–Crippen MR) is 235 cm³/mol. The number of hydrogen-bond donors (Lipinski definition) is 3. The van der Waals surface area contributed by atoms with Crippen molar-refractivity contribution in [2.45, 2.75) is 199 Å². The van der Waals surface area contributed by atoms with E-state index in [1.165, 1.54) is 128 Å². The van der Waals surface area contributed by atoms with Crippen molar-refractivity contribution in [3.63, 3.8) is 0 Å². The molecule has 0 aromatic rings. The number of aliphatic hydroxyl groups is 1. The molecule has 322 valence electrons. The summed E-state index contributed by atoms with van der Waals surface area (Å²) in [7, 11) is 1.52. The van der Waals surface area contributed by atoms with E-state index in [0.29, 0.717) is 17.4 Å². The molecule has 0 aliphatic heterocycles. The Kier molecular flexibility index (Phi) is 36.9. The van der Waals surface area contributed by atoms with E-state index in [-0.39, 0.29) is 25.5 Å². The molecule has 55 heavy (non-hydrogen) atoms. The number of unbranched alkanes of at least 4 members (excludes halogenated alkanes) is 21. The smallest absolute Gasteiger partial charge is 0.387 e. The van der Waals surface area contributed by atoms with Gasteiger partial charge in [0.2, 0.25) is 5.91 Å². The van der Waals surface area contributed by atoms with Gasteiger partial charge in [-0.05, 0) is 51.4 Å². The van der Waals surface area contributed by atoms with Crippen molar-refractivity contribution < 1.29 is 32.9 Å². The Morgan fingerprint density at radius 2 is 1.05 bits per heavy atom. The Bertz CT molecular complexity index is 1040. The lowest BCUT2D eigenvalue weighted by molar-refractivity contribution is -0.870. The second-order valence-corrected chi connectivity index (χ2v) is 17.9. The molecule has 3 unspecified atom stereocenters. The first kappa shape index (κ1) is 53.5. The molecular weight excluding hydrogens is 707 g/mol. The number of allylic oxidation sites excluding steroid dienone is 7. The number of nitrogens with one attached hydrogen (secondary N) is 1. The number of phosphoric acid groups is 1. The molecule has 0 saturated carbocycles. The molecule has 8 nitrogen and oxygen atoms in total. The molecule has 0 aromatic heterocycles. The molecule has 9 heteroatoms. The summed E-state index contributed by atoms with van der Waals surface area (Å²) in [6, 6.07) is -0.893. The number of carbonyl (C=O) groups excluding carboxylic acids is 1. The first-order chi connectivity index (χ1) is 26.5. The molecule has 0 radical (unpaired) electrons. The highest BCUT2D eigenvalue weighted by atomic mass is 31.2. The maximum atomic E-state index is 12.8. The number of nitrogens with zero attached hydrogens (tertiary/aromatic N) is 1. The fourth-order valence-corrected chi connectivity index (χ4v) is 6.90. The van der Waals surface area contributed by atoms with E-state index in [1.807, 2.05) is 33.3 Å². The first-order valence-corrected chi connectivity index (χ1v) is 24.0. The molecule has 0 bridgehead atoms. The van der Waals surface area contributed by atoms with Crippen LogP contribution in [-0.4, -0.2) is 73.4 Å². The van der Waals surface area contributed by atoms with Crippen molar-refractivity contribution in [2.24, 2.45) is 0 Å². The third-order valence-electron chi connectivity index (χ3n) is 9.78. The molecule has 0 rings (SSSR count). The number of phosphoric ester groups is 1. The fourth-order valence-electron chi connectivity index (χ4n) is 6.16. The second-order valence-electron chi connectivity index (χ2n) is 16.4. The van der Waals surface area contributed by atoms with Gasteiger partial charge in [0.1, 0.15) is 13.2 Å². The Hall–Kier alpha value is -1.54. The summed E-state index contributed by atoms with van der Waals surface area (Å²) in [4.78, 5) is 23.0. The largest absolute Gasteiger partial charge is 0.472 e. The van der Waals surface area contributed by atoms with E-state index in [1.54, 1.807) is 6.08 Å².